The van der Waals surface area contributed by atoms with E-state index in [-0.39, 0.29) is 30.0 Å². The number of thioether (sulfide) groups is 1. The Kier molecular flexibility index (Phi) is 8.53. The molecule has 0 saturated heterocycles. The number of ether oxygens (including phenoxy) is 1. The van der Waals surface area contributed by atoms with Crippen molar-refractivity contribution in [2.24, 2.45) is 0 Å². The summed E-state index contributed by atoms with van der Waals surface area (Å²) < 4.78 is 10.1. The van der Waals surface area contributed by atoms with Gasteiger partial charge in [0.1, 0.15) is 5.25 Å². The number of carbonyl (C=O) groups is 3. The van der Waals surface area contributed by atoms with Crippen LogP contribution in [0.1, 0.15) is 34.0 Å². The number of hydrogen-bond acceptors (Lipinski definition) is 8. The molecule has 1 atom stereocenters. The molecule has 0 radical (unpaired) electrons. The fourth-order valence-corrected chi connectivity index (χ4v) is 5.06. The minimum absolute atomic E-state index is 0.0492. The fourth-order valence-electron chi connectivity index (χ4n) is 3.26. The minimum Gasteiger partial charge on any atom is -0.466 e. The lowest BCUT2D eigenvalue weighted by Gasteiger charge is -2.17. The SMILES string of the molecule is CCOC(=O)Cc1csc(NC(=O)C(Sc2cccc(NC(=O)c3ccco3)c2)c2ccccc2)n1. The van der Waals surface area contributed by atoms with Crippen molar-refractivity contribution in [3.63, 3.8) is 0 Å². The number of esters is 1. The molecular weight excluding hydrogens is 498 g/mol. The van der Waals surface area contributed by atoms with Crippen molar-refractivity contribution in [1.29, 1.82) is 0 Å². The average molecular weight is 522 g/mol. The molecule has 0 bridgehead atoms. The number of anilines is 2. The Hall–Kier alpha value is -3.89. The molecule has 2 amide bonds. The lowest BCUT2D eigenvalue weighted by molar-refractivity contribution is -0.142. The molecule has 2 heterocycles. The van der Waals surface area contributed by atoms with Gasteiger partial charge < -0.3 is 19.8 Å². The molecule has 1 unspecified atom stereocenters. The molecule has 0 fully saturated rings. The molecule has 4 rings (SSSR count). The Labute approximate surface area is 216 Å². The predicted molar refractivity (Wildman–Crippen MR) is 139 cm³/mol. The zero-order valence-corrected chi connectivity index (χ0v) is 20.9. The molecule has 2 aromatic heterocycles. The Bertz CT molecular complexity index is 1320. The molecule has 10 heteroatoms. The van der Waals surface area contributed by atoms with E-state index in [1.54, 1.807) is 36.6 Å². The van der Waals surface area contributed by atoms with Gasteiger partial charge in [-0.15, -0.1) is 23.1 Å². The van der Waals surface area contributed by atoms with E-state index < -0.39 is 5.25 Å². The second kappa shape index (κ2) is 12.2. The predicted octanol–water partition coefficient (Wildman–Crippen LogP) is 5.57. The number of nitrogens with one attached hydrogen (secondary N) is 2. The first-order valence-electron chi connectivity index (χ1n) is 11.1. The molecule has 0 aliphatic carbocycles. The average Bonchev–Trinajstić information content (AvgIpc) is 3.56. The van der Waals surface area contributed by atoms with Gasteiger partial charge in [-0.1, -0.05) is 36.4 Å². The Balaban J connectivity index is 1.48. The first-order chi connectivity index (χ1) is 17.5. The summed E-state index contributed by atoms with van der Waals surface area (Å²) in [6, 6.07) is 19.9. The monoisotopic (exact) mass is 521 g/mol. The summed E-state index contributed by atoms with van der Waals surface area (Å²) >= 11 is 2.60. The van der Waals surface area contributed by atoms with Crippen molar-refractivity contribution >= 4 is 51.7 Å². The van der Waals surface area contributed by atoms with E-state index in [0.29, 0.717) is 23.1 Å². The topological polar surface area (TPSA) is 111 Å². The number of benzene rings is 2. The number of aromatic nitrogens is 1. The molecule has 4 aromatic rings. The summed E-state index contributed by atoms with van der Waals surface area (Å²) in [5, 5.41) is 7.21. The first kappa shape index (κ1) is 25.2. The van der Waals surface area contributed by atoms with Gasteiger partial charge in [0.15, 0.2) is 10.9 Å². The minimum atomic E-state index is -0.584. The van der Waals surface area contributed by atoms with E-state index in [0.717, 1.165) is 10.5 Å². The van der Waals surface area contributed by atoms with Crippen molar-refractivity contribution in [3.05, 3.63) is 95.4 Å². The lowest BCUT2D eigenvalue weighted by atomic mass is 10.1. The van der Waals surface area contributed by atoms with E-state index in [9.17, 15) is 14.4 Å². The number of amides is 2. The number of nitrogens with zero attached hydrogens (tertiary/aromatic N) is 1. The van der Waals surface area contributed by atoms with Gasteiger partial charge in [0, 0.05) is 16.0 Å². The number of rotatable bonds is 10. The molecule has 0 spiro atoms. The third-order valence-electron chi connectivity index (χ3n) is 4.84. The highest BCUT2D eigenvalue weighted by Gasteiger charge is 2.23. The molecule has 0 aliphatic heterocycles. The maximum atomic E-state index is 13.3. The molecule has 2 N–H and O–H groups in total. The zero-order valence-electron chi connectivity index (χ0n) is 19.3. The van der Waals surface area contributed by atoms with Crippen LogP contribution >= 0.6 is 23.1 Å². The van der Waals surface area contributed by atoms with Gasteiger partial charge in [0.05, 0.1) is 25.0 Å². The molecule has 36 heavy (non-hydrogen) atoms. The van der Waals surface area contributed by atoms with Crippen molar-refractivity contribution in [1.82, 2.24) is 4.98 Å². The van der Waals surface area contributed by atoms with Crippen molar-refractivity contribution < 1.29 is 23.5 Å². The smallest absolute Gasteiger partial charge is 0.311 e. The van der Waals surface area contributed by atoms with Gasteiger partial charge >= 0.3 is 5.97 Å². The molecule has 0 aliphatic rings. The van der Waals surface area contributed by atoms with Crippen LogP contribution < -0.4 is 10.6 Å². The molecule has 2 aromatic carbocycles. The number of hydrogen-bond donors (Lipinski definition) is 2. The summed E-state index contributed by atoms with van der Waals surface area (Å²) in [7, 11) is 0. The normalized spacial score (nSPS) is 11.5. The van der Waals surface area contributed by atoms with E-state index in [1.165, 1.54) is 29.4 Å². The number of thiazole rings is 1. The van der Waals surface area contributed by atoms with Crippen molar-refractivity contribution in [3.8, 4) is 0 Å². The van der Waals surface area contributed by atoms with E-state index in [1.807, 2.05) is 42.5 Å². The summed E-state index contributed by atoms with van der Waals surface area (Å²) in [5.74, 6) is -0.770. The van der Waals surface area contributed by atoms with E-state index in [4.69, 9.17) is 9.15 Å². The maximum absolute atomic E-state index is 13.3. The fraction of sp³-hybridized carbons (Fsp3) is 0.154. The van der Waals surface area contributed by atoms with E-state index in [2.05, 4.69) is 15.6 Å². The number of carbonyl (C=O) groups excluding carboxylic acids is 3. The summed E-state index contributed by atoms with van der Waals surface area (Å²) in [6.07, 6.45) is 1.49. The highest BCUT2D eigenvalue weighted by Crippen LogP contribution is 2.37. The highest BCUT2D eigenvalue weighted by atomic mass is 32.2. The highest BCUT2D eigenvalue weighted by molar-refractivity contribution is 8.00. The Morgan fingerprint density at radius 2 is 1.89 bits per heavy atom. The third kappa shape index (κ3) is 6.83. The van der Waals surface area contributed by atoms with Gasteiger partial charge in [-0.2, -0.15) is 0 Å². The van der Waals surface area contributed by atoms with Crippen LogP contribution in [0.25, 0.3) is 0 Å². The third-order valence-corrected chi connectivity index (χ3v) is 6.90. The largest absolute Gasteiger partial charge is 0.466 e. The van der Waals surface area contributed by atoms with E-state index >= 15 is 0 Å². The standard InChI is InChI=1S/C26H23N3O5S2/c1-2-33-22(30)15-19-16-35-26(28-19)29-25(32)23(17-8-4-3-5-9-17)36-20-11-6-10-18(14-20)27-24(31)21-12-7-13-34-21/h3-14,16,23H,2,15H2,1H3,(H,27,31)(H,28,29,32). The first-order valence-corrected chi connectivity index (χ1v) is 12.8. The number of furan rings is 1. The van der Waals surface area contributed by atoms with Crippen LogP contribution in [0.4, 0.5) is 10.8 Å². The molecular formula is C26H23N3O5S2. The Morgan fingerprint density at radius 1 is 1.06 bits per heavy atom. The molecule has 0 saturated carbocycles. The van der Waals surface area contributed by atoms with Gasteiger partial charge in [0.2, 0.25) is 5.91 Å². The van der Waals surface area contributed by atoms with Gasteiger partial charge in [-0.3, -0.25) is 14.4 Å². The Morgan fingerprint density at radius 3 is 2.64 bits per heavy atom. The van der Waals surface area contributed by atoms with Gasteiger partial charge in [-0.25, -0.2) is 4.98 Å². The van der Waals surface area contributed by atoms with Gasteiger partial charge in [-0.05, 0) is 42.8 Å². The lowest BCUT2D eigenvalue weighted by Crippen LogP contribution is -2.19. The summed E-state index contributed by atoms with van der Waals surface area (Å²) in [5.41, 5.74) is 1.93. The van der Waals surface area contributed by atoms with Crippen LogP contribution in [0.15, 0.2) is 87.7 Å². The van der Waals surface area contributed by atoms with Gasteiger partial charge in [0.25, 0.3) is 5.91 Å². The van der Waals surface area contributed by atoms with Crippen LogP contribution in [0.5, 0.6) is 0 Å². The maximum Gasteiger partial charge on any atom is 0.311 e. The summed E-state index contributed by atoms with van der Waals surface area (Å²) in [6.45, 7) is 2.05. The van der Waals surface area contributed by atoms with Crippen LogP contribution in [0.2, 0.25) is 0 Å². The second-order valence-electron chi connectivity index (χ2n) is 7.48. The molecule has 184 valence electrons. The van der Waals surface area contributed by atoms with Crippen molar-refractivity contribution in [2.75, 3.05) is 17.2 Å². The van der Waals surface area contributed by atoms with Crippen LogP contribution in [0, 0.1) is 0 Å². The quantitative estimate of drug-likeness (QED) is 0.207. The van der Waals surface area contributed by atoms with Crippen LogP contribution in [0.3, 0.4) is 0 Å². The zero-order chi connectivity index (χ0) is 25.3. The van der Waals surface area contributed by atoms with Crippen LogP contribution in [-0.4, -0.2) is 29.4 Å². The molecule has 8 nitrogen and oxygen atoms in total. The van der Waals surface area contributed by atoms with Crippen LogP contribution in [-0.2, 0) is 20.7 Å². The summed E-state index contributed by atoms with van der Waals surface area (Å²) in [4.78, 5) is 42.5. The second-order valence-corrected chi connectivity index (χ2v) is 9.52. The van der Waals surface area contributed by atoms with Crippen molar-refractivity contribution in [2.45, 2.75) is 23.5 Å².